The van der Waals surface area contributed by atoms with Crippen LogP contribution in [0.1, 0.15) is 18.9 Å². The van der Waals surface area contributed by atoms with Crippen molar-refractivity contribution in [1.82, 2.24) is 14.7 Å². The second kappa shape index (κ2) is 9.98. The number of morpholine rings is 1. The highest BCUT2D eigenvalue weighted by Gasteiger charge is 2.27. The van der Waals surface area contributed by atoms with Gasteiger partial charge in [0.25, 0.3) is 0 Å². The van der Waals surface area contributed by atoms with E-state index in [4.69, 9.17) is 4.74 Å². The van der Waals surface area contributed by atoms with E-state index < -0.39 is 0 Å². The fourth-order valence-corrected chi connectivity index (χ4v) is 3.81. The summed E-state index contributed by atoms with van der Waals surface area (Å²) in [5.74, 6) is -0.361. The molecular weight excluding hydrogens is 361 g/mol. The minimum Gasteiger partial charge on any atom is -0.379 e. The van der Waals surface area contributed by atoms with E-state index in [1.807, 2.05) is 11.8 Å². The van der Waals surface area contributed by atoms with E-state index in [1.54, 1.807) is 23.1 Å². The highest BCUT2D eigenvalue weighted by molar-refractivity contribution is 5.80. The largest absolute Gasteiger partial charge is 0.379 e. The van der Waals surface area contributed by atoms with E-state index in [0.717, 1.165) is 32.8 Å². The summed E-state index contributed by atoms with van der Waals surface area (Å²) in [6.45, 7) is 8.08. The van der Waals surface area contributed by atoms with Gasteiger partial charge in [-0.3, -0.25) is 14.5 Å². The van der Waals surface area contributed by atoms with Crippen LogP contribution in [-0.4, -0.2) is 85.5 Å². The first-order valence-electron chi connectivity index (χ1n) is 10.1. The monoisotopic (exact) mass is 391 g/mol. The fourth-order valence-electron chi connectivity index (χ4n) is 3.81. The molecule has 0 aromatic heterocycles. The zero-order chi connectivity index (χ0) is 19.9. The first kappa shape index (κ1) is 20.7. The maximum Gasteiger partial charge on any atom is 0.225 e. The van der Waals surface area contributed by atoms with Crippen molar-refractivity contribution in [3.05, 3.63) is 35.6 Å². The van der Waals surface area contributed by atoms with Gasteiger partial charge >= 0.3 is 0 Å². The summed E-state index contributed by atoms with van der Waals surface area (Å²) in [6, 6.07) is 6.59. The van der Waals surface area contributed by atoms with E-state index in [0.29, 0.717) is 44.6 Å². The summed E-state index contributed by atoms with van der Waals surface area (Å²) >= 11 is 0. The van der Waals surface area contributed by atoms with E-state index in [2.05, 4.69) is 4.90 Å². The minimum absolute atomic E-state index is 0.0312. The Kier molecular flexibility index (Phi) is 7.39. The molecule has 0 spiro atoms. The summed E-state index contributed by atoms with van der Waals surface area (Å²) < 4.78 is 19.1. The van der Waals surface area contributed by atoms with Crippen LogP contribution in [-0.2, 0) is 20.7 Å². The molecule has 2 amide bonds. The molecule has 2 aliphatic heterocycles. The van der Waals surface area contributed by atoms with E-state index >= 15 is 0 Å². The molecule has 0 aliphatic carbocycles. The lowest BCUT2D eigenvalue weighted by atomic mass is 9.99. The number of piperazine rings is 1. The van der Waals surface area contributed by atoms with Crippen molar-refractivity contribution in [1.29, 1.82) is 0 Å². The Labute approximate surface area is 166 Å². The predicted octanol–water partition coefficient (Wildman–Crippen LogP) is 1.40. The first-order valence-corrected chi connectivity index (χ1v) is 10.1. The van der Waals surface area contributed by atoms with Crippen molar-refractivity contribution >= 4 is 11.8 Å². The average Bonchev–Trinajstić information content (AvgIpc) is 2.74. The maximum absolute atomic E-state index is 13.8. The van der Waals surface area contributed by atoms with Crippen LogP contribution in [0.5, 0.6) is 0 Å². The average molecular weight is 391 g/mol. The molecule has 0 saturated carbocycles. The van der Waals surface area contributed by atoms with Crippen LogP contribution in [0.25, 0.3) is 0 Å². The lowest BCUT2D eigenvalue weighted by Gasteiger charge is -2.36. The van der Waals surface area contributed by atoms with E-state index in [-0.39, 0.29) is 23.5 Å². The van der Waals surface area contributed by atoms with Crippen LogP contribution in [0.4, 0.5) is 4.39 Å². The van der Waals surface area contributed by atoms with E-state index in [1.165, 1.54) is 6.07 Å². The van der Waals surface area contributed by atoms with Crippen molar-refractivity contribution in [2.24, 2.45) is 5.92 Å². The molecule has 28 heavy (non-hydrogen) atoms. The Morgan fingerprint density at radius 1 is 1.04 bits per heavy atom. The molecule has 2 saturated heterocycles. The molecule has 2 fully saturated rings. The van der Waals surface area contributed by atoms with Gasteiger partial charge in [0.05, 0.1) is 13.2 Å². The number of hydrogen-bond acceptors (Lipinski definition) is 4. The van der Waals surface area contributed by atoms with Crippen molar-refractivity contribution in [2.45, 2.75) is 19.8 Å². The maximum atomic E-state index is 13.8. The molecule has 0 N–H and O–H groups in total. The molecule has 1 aromatic rings. The SMILES string of the molecule is CC(Cc1ccccc1F)C(=O)N1CCN(C(=O)CCN2CCOCC2)CC1. The van der Waals surface area contributed by atoms with Gasteiger partial charge in [-0.05, 0) is 18.1 Å². The number of carbonyl (C=O) groups excluding carboxylic acids is 2. The second-order valence-electron chi connectivity index (χ2n) is 7.61. The summed E-state index contributed by atoms with van der Waals surface area (Å²) in [7, 11) is 0. The Morgan fingerprint density at radius 2 is 1.68 bits per heavy atom. The Balaban J connectivity index is 1.41. The first-order chi connectivity index (χ1) is 13.5. The summed E-state index contributed by atoms with van der Waals surface area (Å²) in [5, 5.41) is 0. The molecule has 2 aliphatic rings. The number of carbonyl (C=O) groups is 2. The van der Waals surface area contributed by atoms with Crippen LogP contribution in [0.3, 0.4) is 0 Å². The van der Waals surface area contributed by atoms with Gasteiger partial charge in [0.1, 0.15) is 5.82 Å². The van der Waals surface area contributed by atoms with Gasteiger partial charge in [-0.25, -0.2) is 4.39 Å². The van der Waals surface area contributed by atoms with Crippen LogP contribution in [0.2, 0.25) is 0 Å². The number of amides is 2. The molecule has 3 rings (SSSR count). The number of halogens is 1. The van der Waals surface area contributed by atoms with Crippen molar-refractivity contribution in [3.8, 4) is 0 Å². The smallest absolute Gasteiger partial charge is 0.225 e. The molecule has 0 bridgehead atoms. The number of hydrogen-bond donors (Lipinski definition) is 0. The normalized spacial score (nSPS) is 19.5. The molecule has 1 unspecified atom stereocenters. The number of nitrogens with zero attached hydrogens (tertiary/aromatic N) is 3. The highest BCUT2D eigenvalue weighted by Crippen LogP contribution is 2.16. The minimum atomic E-state index is -0.277. The van der Waals surface area contributed by atoms with Gasteiger partial charge in [0.2, 0.25) is 11.8 Å². The number of ether oxygens (including phenoxy) is 1. The summed E-state index contributed by atoms with van der Waals surface area (Å²) in [6.07, 6.45) is 0.905. The molecule has 0 radical (unpaired) electrons. The van der Waals surface area contributed by atoms with Crippen molar-refractivity contribution < 1.29 is 18.7 Å². The van der Waals surface area contributed by atoms with Crippen LogP contribution in [0, 0.1) is 11.7 Å². The number of benzene rings is 1. The molecule has 2 heterocycles. The van der Waals surface area contributed by atoms with Gasteiger partial charge < -0.3 is 14.5 Å². The fraction of sp³-hybridized carbons (Fsp3) is 0.619. The molecule has 6 nitrogen and oxygen atoms in total. The molecular formula is C21H30FN3O3. The zero-order valence-electron chi connectivity index (χ0n) is 16.6. The Bertz CT molecular complexity index is 671. The van der Waals surface area contributed by atoms with Crippen LogP contribution >= 0.6 is 0 Å². The quantitative estimate of drug-likeness (QED) is 0.736. The topological polar surface area (TPSA) is 53.1 Å². The van der Waals surface area contributed by atoms with Gasteiger partial charge in [-0.2, -0.15) is 0 Å². The Hall–Kier alpha value is -1.99. The summed E-state index contributed by atoms with van der Waals surface area (Å²) in [5.41, 5.74) is 0.570. The van der Waals surface area contributed by atoms with Crippen LogP contribution in [0.15, 0.2) is 24.3 Å². The highest BCUT2D eigenvalue weighted by atomic mass is 19.1. The van der Waals surface area contributed by atoms with E-state index in [9.17, 15) is 14.0 Å². The van der Waals surface area contributed by atoms with Gasteiger partial charge in [-0.1, -0.05) is 25.1 Å². The third-order valence-corrected chi connectivity index (χ3v) is 5.60. The lowest BCUT2D eigenvalue weighted by molar-refractivity contribution is -0.142. The predicted molar refractivity (Wildman–Crippen MR) is 104 cm³/mol. The third-order valence-electron chi connectivity index (χ3n) is 5.60. The third kappa shape index (κ3) is 5.52. The second-order valence-corrected chi connectivity index (χ2v) is 7.61. The molecule has 7 heteroatoms. The molecule has 1 aromatic carbocycles. The van der Waals surface area contributed by atoms with Crippen LogP contribution < -0.4 is 0 Å². The summed E-state index contributed by atoms with van der Waals surface area (Å²) in [4.78, 5) is 31.1. The Morgan fingerprint density at radius 3 is 2.36 bits per heavy atom. The molecule has 154 valence electrons. The van der Waals surface area contributed by atoms with Gasteiger partial charge in [-0.15, -0.1) is 0 Å². The van der Waals surface area contributed by atoms with Gasteiger partial charge in [0, 0.05) is 58.2 Å². The van der Waals surface area contributed by atoms with Gasteiger partial charge in [0.15, 0.2) is 0 Å². The standard InChI is InChI=1S/C21H30FN3O3/c1-17(16-18-4-2-3-5-19(18)22)21(27)25-10-8-24(9-11-25)20(26)6-7-23-12-14-28-15-13-23/h2-5,17H,6-16H2,1H3. The lowest BCUT2D eigenvalue weighted by Crippen LogP contribution is -2.52. The number of rotatable bonds is 6. The zero-order valence-corrected chi connectivity index (χ0v) is 16.6. The van der Waals surface area contributed by atoms with Crippen molar-refractivity contribution in [2.75, 3.05) is 59.0 Å². The van der Waals surface area contributed by atoms with Crippen molar-refractivity contribution in [3.63, 3.8) is 0 Å². The molecule has 1 atom stereocenters.